The maximum absolute atomic E-state index is 5.93. The summed E-state index contributed by atoms with van der Waals surface area (Å²) in [5.41, 5.74) is 2.60. The van der Waals surface area contributed by atoms with Gasteiger partial charge in [-0.1, -0.05) is 24.6 Å². The largest absolute Gasteiger partial charge is 0.382 e. The zero-order chi connectivity index (χ0) is 9.42. The van der Waals surface area contributed by atoms with Crippen molar-refractivity contribution >= 4 is 17.3 Å². The lowest BCUT2D eigenvalue weighted by molar-refractivity contribution is 0.590. The van der Waals surface area contributed by atoms with Crippen LogP contribution in [-0.2, 0) is 0 Å². The zero-order valence-electron chi connectivity index (χ0n) is 7.97. The molecule has 0 aromatic heterocycles. The molecular weight excluding hydrogens is 182 g/mol. The molecule has 2 unspecified atom stereocenters. The fourth-order valence-corrected chi connectivity index (χ4v) is 2.24. The molecule has 2 atom stereocenters. The summed E-state index contributed by atoms with van der Waals surface area (Å²) in [6.07, 6.45) is 1.20. The maximum atomic E-state index is 5.93. The van der Waals surface area contributed by atoms with Crippen LogP contribution in [0.2, 0.25) is 5.02 Å². The molecule has 0 amide bonds. The van der Waals surface area contributed by atoms with Gasteiger partial charge in [-0.3, -0.25) is 0 Å². The van der Waals surface area contributed by atoms with Gasteiger partial charge in [0.15, 0.2) is 0 Å². The number of rotatable bonds is 0. The second kappa shape index (κ2) is 3.22. The molecule has 70 valence electrons. The Kier molecular flexibility index (Phi) is 2.20. The topological polar surface area (TPSA) is 12.0 Å². The van der Waals surface area contributed by atoms with Crippen LogP contribution >= 0.6 is 11.6 Å². The van der Waals surface area contributed by atoms with Crippen LogP contribution < -0.4 is 5.32 Å². The van der Waals surface area contributed by atoms with E-state index in [4.69, 9.17) is 11.6 Å². The SMILES string of the molecule is CC1CC(C)c2ccc(Cl)cc2N1. The Bertz CT molecular complexity index is 322. The van der Waals surface area contributed by atoms with Crippen molar-refractivity contribution in [2.75, 3.05) is 5.32 Å². The van der Waals surface area contributed by atoms with Gasteiger partial charge in [-0.2, -0.15) is 0 Å². The summed E-state index contributed by atoms with van der Waals surface area (Å²) in [7, 11) is 0. The van der Waals surface area contributed by atoms with Gasteiger partial charge >= 0.3 is 0 Å². The van der Waals surface area contributed by atoms with Crippen molar-refractivity contribution < 1.29 is 0 Å². The van der Waals surface area contributed by atoms with Crippen molar-refractivity contribution in [3.8, 4) is 0 Å². The zero-order valence-corrected chi connectivity index (χ0v) is 8.73. The Morgan fingerprint density at radius 2 is 2.15 bits per heavy atom. The van der Waals surface area contributed by atoms with Crippen molar-refractivity contribution in [2.24, 2.45) is 0 Å². The molecule has 1 aromatic rings. The summed E-state index contributed by atoms with van der Waals surface area (Å²) in [4.78, 5) is 0. The van der Waals surface area contributed by atoms with Crippen LogP contribution in [0.4, 0.5) is 5.69 Å². The molecule has 1 aliphatic rings. The predicted molar refractivity (Wildman–Crippen MR) is 57.6 cm³/mol. The van der Waals surface area contributed by atoms with E-state index in [2.05, 4.69) is 25.2 Å². The Labute approximate surface area is 84.1 Å². The van der Waals surface area contributed by atoms with E-state index >= 15 is 0 Å². The highest BCUT2D eigenvalue weighted by Gasteiger charge is 2.20. The van der Waals surface area contributed by atoms with Gasteiger partial charge in [-0.05, 0) is 37.0 Å². The average Bonchev–Trinajstić information content (AvgIpc) is 2.02. The third-order valence-corrected chi connectivity index (χ3v) is 2.89. The standard InChI is InChI=1S/C11H14ClN/c1-7-5-8(2)13-11-6-9(12)3-4-10(7)11/h3-4,6-8,13H,5H2,1-2H3. The van der Waals surface area contributed by atoms with Crippen LogP contribution in [0.25, 0.3) is 0 Å². The van der Waals surface area contributed by atoms with Crippen molar-refractivity contribution in [1.82, 2.24) is 0 Å². The Hall–Kier alpha value is -0.690. The maximum Gasteiger partial charge on any atom is 0.0426 e. The fraction of sp³-hybridized carbons (Fsp3) is 0.455. The summed E-state index contributed by atoms with van der Waals surface area (Å²) < 4.78 is 0. The normalized spacial score (nSPS) is 26.4. The van der Waals surface area contributed by atoms with Crippen molar-refractivity contribution in [3.05, 3.63) is 28.8 Å². The minimum Gasteiger partial charge on any atom is -0.382 e. The van der Waals surface area contributed by atoms with Crippen molar-refractivity contribution in [3.63, 3.8) is 0 Å². The third kappa shape index (κ3) is 1.66. The van der Waals surface area contributed by atoms with Crippen LogP contribution in [0, 0.1) is 0 Å². The first-order valence-electron chi connectivity index (χ1n) is 4.73. The highest BCUT2D eigenvalue weighted by Crippen LogP contribution is 2.35. The van der Waals surface area contributed by atoms with E-state index in [0.29, 0.717) is 12.0 Å². The molecule has 0 saturated carbocycles. The number of benzene rings is 1. The Morgan fingerprint density at radius 1 is 1.38 bits per heavy atom. The monoisotopic (exact) mass is 195 g/mol. The lowest BCUT2D eigenvalue weighted by Crippen LogP contribution is -2.23. The minimum atomic E-state index is 0.556. The molecule has 0 spiro atoms. The van der Waals surface area contributed by atoms with Gasteiger partial charge < -0.3 is 5.32 Å². The van der Waals surface area contributed by atoms with E-state index in [-0.39, 0.29) is 0 Å². The quantitative estimate of drug-likeness (QED) is 0.667. The summed E-state index contributed by atoms with van der Waals surface area (Å²) in [5, 5.41) is 4.26. The number of anilines is 1. The molecule has 1 heterocycles. The van der Waals surface area contributed by atoms with E-state index in [1.807, 2.05) is 12.1 Å². The van der Waals surface area contributed by atoms with Gasteiger partial charge in [0.05, 0.1) is 0 Å². The second-order valence-corrected chi connectivity index (χ2v) is 4.35. The van der Waals surface area contributed by atoms with E-state index in [1.165, 1.54) is 17.7 Å². The van der Waals surface area contributed by atoms with Crippen LogP contribution in [0.3, 0.4) is 0 Å². The molecule has 0 saturated heterocycles. The smallest absolute Gasteiger partial charge is 0.0426 e. The third-order valence-electron chi connectivity index (χ3n) is 2.66. The first-order chi connectivity index (χ1) is 6.16. The summed E-state index contributed by atoms with van der Waals surface area (Å²) in [6.45, 7) is 4.48. The van der Waals surface area contributed by atoms with Crippen LogP contribution in [0.1, 0.15) is 31.7 Å². The van der Waals surface area contributed by atoms with Gasteiger partial charge in [-0.25, -0.2) is 0 Å². The van der Waals surface area contributed by atoms with Crippen LogP contribution in [0.5, 0.6) is 0 Å². The summed E-state index contributed by atoms with van der Waals surface area (Å²) >= 11 is 5.93. The highest BCUT2D eigenvalue weighted by molar-refractivity contribution is 6.30. The molecule has 0 radical (unpaired) electrons. The number of nitrogens with one attached hydrogen (secondary N) is 1. The first-order valence-corrected chi connectivity index (χ1v) is 5.10. The molecule has 1 nitrogen and oxygen atoms in total. The first kappa shape index (κ1) is 8.89. The second-order valence-electron chi connectivity index (χ2n) is 3.91. The Morgan fingerprint density at radius 3 is 2.92 bits per heavy atom. The van der Waals surface area contributed by atoms with Gasteiger partial charge in [0.1, 0.15) is 0 Å². The van der Waals surface area contributed by atoms with E-state index in [1.54, 1.807) is 0 Å². The summed E-state index contributed by atoms with van der Waals surface area (Å²) in [5.74, 6) is 0.642. The molecule has 2 rings (SSSR count). The van der Waals surface area contributed by atoms with Crippen molar-refractivity contribution in [1.29, 1.82) is 0 Å². The van der Waals surface area contributed by atoms with E-state index < -0.39 is 0 Å². The molecule has 0 aliphatic carbocycles. The van der Waals surface area contributed by atoms with Gasteiger partial charge in [-0.15, -0.1) is 0 Å². The molecule has 13 heavy (non-hydrogen) atoms. The molecular formula is C11H14ClN. The Balaban J connectivity index is 2.43. The molecule has 2 heteroatoms. The number of fused-ring (bicyclic) bond motifs is 1. The number of halogens is 1. The molecule has 0 fully saturated rings. The number of hydrogen-bond donors (Lipinski definition) is 1. The molecule has 1 N–H and O–H groups in total. The highest BCUT2D eigenvalue weighted by atomic mass is 35.5. The predicted octanol–water partition coefficient (Wildman–Crippen LogP) is 3.65. The average molecular weight is 196 g/mol. The van der Waals surface area contributed by atoms with E-state index in [0.717, 1.165) is 5.02 Å². The molecule has 1 aromatic carbocycles. The lowest BCUT2D eigenvalue weighted by atomic mass is 9.89. The van der Waals surface area contributed by atoms with Crippen molar-refractivity contribution in [2.45, 2.75) is 32.2 Å². The van der Waals surface area contributed by atoms with E-state index in [9.17, 15) is 0 Å². The van der Waals surface area contributed by atoms with Crippen LogP contribution in [0.15, 0.2) is 18.2 Å². The molecule has 1 aliphatic heterocycles. The van der Waals surface area contributed by atoms with Gasteiger partial charge in [0, 0.05) is 16.8 Å². The molecule has 0 bridgehead atoms. The minimum absolute atomic E-state index is 0.556. The number of hydrogen-bond acceptors (Lipinski definition) is 1. The van der Waals surface area contributed by atoms with Gasteiger partial charge in [0.25, 0.3) is 0 Å². The van der Waals surface area contributed by atoms with Crippen LogP contribution in [-0.4, -0.2) is 6.04 Å². The van der Waals surface area contributed by atoms with Gasteiger partial charge in [0.2, 0.25) is 0 Å². The fourth-order valence-electron chi connectivity index (χ4n) is 2.06. The summed E-state index contributed by atoms with van der Waals surface area (Å²) in [6, 6.07) is 6.67. The lowest BCUT2D eigenvalue weighted by Gasteiger charge is -2.29.